The average molecular weight is 215 g/mol. The smallest absolute Gasteiger partial charge is 0.289 e. The molecule has 0 aromatic heterocycles. The van der Waals surface area contributed by atoms with E-state index in [2.05, 4.69) is 6.58 Å². The molecule has 1 heterocycles. The summed E-state index contributed by atoms with van der Waals surface area (Å²) < 4.78 is 0. The first kappa shape index (κ1) is 10.5. The zero-order valence-electron chi connectivity index (χ0n) is 8.89. The van der Waals surface area contributed by atoms with Gasteiger partial charge in [0, 0.05) is 12.1 Å². The van der Waals surface area contributed by atoms with Crippen LogP contribution in [0.15, 0.2) is 48.7 Å². The highest BCUT2D eigenvalue weighted by atomic mass is 16.3. The predicted molar refractivity (Wildman–Crippen MR) is 62.8 cm³/mol. The van der Waals surface area contributed by atoms with Gasteiger partial charge in [-0.05, 0) is 5.56 Å². The molecule has 1 aliphatic rings. The highest BCUT2D eigenvalue weighted by molar-refractivity contribution is 6.03. The van der Waals surface area contributed by atoms with Gasteiger partial charge in [-0.25, -0.2) is 0 Å². The van der Waals surface area contributed by atoms with E-state index in [0.717, 1.165) is 5.56 Å². The van der Waals surface area contributed by atoms with Crippen molar-refractivity contribution in [2.24, 2.45) is 0 Å². The molecule has 1 aliphatic heterocycles. The minimum Gasteiger partial charge on any atom is -0.503 e. The van der Waals surface area contributed by atoms with E-state index in [1.54, 1.807) is 11.0 Å². The van der Waals surface area contributed by atoms with Crippen molar-refractivity contribution in [3.05, 3.63) is 54.3 Å². The molecule has 1 aromatic carbocycles. The minimum atomic E-state index is -0.321. The number of rotatable bonds is 3. The first-order valence-electron chi connectivity index (χ1n) is 5.11. The van der Waals surface area contributed by atoms with E-state index in [1.165, 1.54) is 0 Å². The number of hydrogen-bond donors (Lipinski definition) is 1. The zero-order chi connectivity index (χ0) is 11.5. The van der Waals surface area contributed by atoms with Crippen LogP contribution in [0.3, 0.4) is 0 Å². The Morgan fingerprint density at radius 1 is 1.38 bits per heavy atom. The van der Waals surface area contributed by atoms with Crippen LogP contribution in [0.4, 0.5) is 0 Å². The fraction of sp³-hybridized carbons (Fsp3) is 0.154. The van der Waals surface area contributed by atoms with Crippen molar-refractivity contribution >= 4 is 11.5 Å². The van der Waals surface area contributed by atoms with Gasteiger partial charge in [-0.2, -0.15) is 0 Å². The normalized spacial score (nSPS) is 15.8. The predicted octanol–water partition coefficient (Wildman–Crippen LogP) is 1.98. The van der Waals surface area contributed by atoms with Crippen LogP contribution in [-0.4, -0.2) is 29.0 Å². The van der Waals surface area contributed by atoms with Crippen LogP contribution in [0.25, 0.3) is 5.57 Å². The summed E-state index contributed by atoms with van der Waals surface area (Å²) in [5.41, 5.74) is 1.58. The summed E-state index contributed by atoms with van der Waals surface area (Å²) in [6, 6.07) is 9.44. The molecule has 0 atom stereocenters. The van der Waals surface area contributed by atoms with Gasteiger partial charge in [0.1, 0.15) is 0 Å². The summed E-state index contributed by atoms with van der Waals surface area (Å²) in [6.07, 6.45) is 1.65. The summed E-state index contributed by atoms with van der Waals surface area (Å²) in [5, 5.41) is 9.76. The molecule has 0 fully saturated rings. The van der Waals surface area contributed by atoms with Crippen molar-refractivity contribution in [1.82, 2.24) is 4.90 Å². The zero-order valence-corrected chi connectivity index (χ0v) is 8.89. The maximum absolute atomic E-state index is 11.6. The molecule has 0 radical (unpaired) electrons. The standard InChI is InChI=1S/C13H13NO2/c1-2-8-14-9-11(12(15)13(14)16)10-6-4-3-5-7-10/h2-7,15H,1,8-9H2. The van der Waals surface area contributed by atoms with E-state index in [1.807, 2.05) is 30.3 Å². The molecule has 0 saturated heterocycles. The molecule has 0 aliphatic carbocycles. The quantitative estimate of drug-likeness (QED) is 0.783. The molecule has 1 amide bonds. The topological polar surface area (TPSA) is 40.5 Å². The molecule has 16 heavy (non-hydrogen) atoms. The van der Waals surface area contributed by atoms with Crippen molar-refractivity contribution in [1.29, 1.82) is 0 Å². The molecule has 0 spiro atoms. The number of nitrogens with zero attached hydrogens (tertiary/aromatic N) is 1. The fourth-order valence-electron chi connectivity index (χ4n) is 1.79. The molecule has 3 heteroatoms. The largest absolute Gasteiger partial charge is 0.503 e. The SMILES string of the molecule is C=CCN1CC(c2ccccc2)=C(O)C1=O. The molecule has 2 rings (SSSR count). The molecule has 82 valence electrons. The second-order valence-electron chi connectivity index (χ2n) is 3.67. The maximum atomic E-state index is 11.6. The number of aliphatic hydroxyl groups is 1. The van der Waals surface area contributed by atoms with Crippen molar-refractivity contribution in [3.8, 4) is 0 Å². The van der Waals surface area contributed by atoms with E-state index in [9.17, 15) is 9.90 Å². The van der Waals surface area contributed by atoms with Crippen LogP contribution in [0.1, 0.15) is 5.56 Å². The second kappa shape index (κ2) is 4.23. The Morgan fingerprint density at radius 2 is 2.06 bits per heavy atom. The summed E-state index contributed by atoms with van der Waals surface area (Å²) in [4.78, 5) is 13.2. The Labute approximate surface area is 94.3 Å². The Kier molecular flexibility index (Phi) is 2.77. The highest BCUT2D eigenvalue weighted by Gasteiger charge is 2.29. The molecule has 0 saturated carbocycles. The van der Waals surface area contributed by atoms with Crippen molar-refractivity contribution < 1.29 is 9.90 Å². The van der Waals surface area contributed by atoms with Gasteiger partial charge in [-0.1, -0.05) is 36.4 Å². The van der Waals surface area contributed by atoms with Gasteiger partial charge in [-0.3, -0.25) is 4.79 Å². The van der Waals surface area contributed by atoms with Gasteiger partial charge >= 0.3 is 0 Å². The lowest BCUT2D eigenvalue weighted by atomic mass is 10.1. The van der Waals surface area contributed by atoms with E-state index in [4.69, 9.17) is 0 Å². The number of carbonyl (C=O) groups excluding carboxylic acids is 1. The van der Waals surface area contributed by atoms with Crippen LogP contribution in [-0.2, 0) is 4.79 Å². The molecule has 0 bridgehead atoms. The van der Waals surface area contributed by atoms with Crippen molar-refractivity contribution in [2.45, 2.75) is 0 Å². The van der Waals surface area contributed by atoms with E-state index in [0.29, 0.717) is 18.7 Å². The first-order valence-corrected chi connectivity index (χ1v) is 5.11. The van der Waals surface area contributed by atoms with E-state index >= 15 is 0 Å². The summed E-state index contributed by atoms with van der Waals surface area (Å²) in [6.45, 7) is 4.49. The van der Waals surface area contributed by atoms with E-state index in [-0.39, 0.29) is 11.7 Å². The number of hydrogen-bond acceptors (Lipinski definition) is 2. The van der Waals surface area contributed by atoms with Crippen LogP contribution in [0.2, 0.25) is 0 Å². The Hall–Kier alpha value is -2.03. The molecule has 1 N–H and O–H groups in total. The molecular formula is C13H13NO2. The van der Waals surface area contributed by atoms with Crippen LogP contribution < -0.4 is 0 Å². The van der Waals surface area contributed by atoms with Crippen molar-refractivity contribution in [3.63, 3.8) is 0 Å². The number of carbonyl (C=O) groups is 1. The molecule has 3 nitrogen and oxygen atoms in total. The fourth-order valence-corrected chi connectivity index (χ4v) is 1.79. The second-order valence-corrected chi connectivity index (χ2v) is 3.67. The summed E-state index contributed by atoms with van der Waals surface area (Å²) in [5.74, 6) is -0.466. The number of benzene rings is 1. The molecular weight excluding hydrogens is 202 g/mol. The van der Waals surface area contributed by atoms with Crippen molar-refractivity contribution in [2.75, 3.05) is 13.1 Å². The van der Waals surface area contributed by atoms with Gasteiger partial charge in [0.15, 0.2) is 5.76 Å². The minimum absolute atomic E-state index is 0.145. The molecule has 1 aromatic rings. The van der Waals surface area contributed by atoms with Crippen LogP contribution >= 0.6 is 0 Å². The maximum Gasteiger partial charge on any atom is 0.289 e. The van der Waals surface area contributed by atoms with Gasteiger partial charge in [0.2, 0.25) is 0 Å². The van der Waals surface area contributed by atoms with Crippen LogP contribution in [0.5, 0.6) is 0 Å². The summed E-state index contributed by atoms with van der Waals surface area (Å²) in [7, 11) is 0. The average Bonchev–Trinajstić information content (AvgIpc) is 2.59. The van der Waals surface area contributed by atoms with Gasteiger partial charge in [-0.15, -0.1) is 6.58 Å². The number of amides is 1. The number of aliphatic hydroxyl groups excluding tert-OH is 1. The Bertz CT molecular complexity index is 448. The Balaban J connectivity index is 2.30. The summed E-state index contributed by atoms with van der Waals surface area (Å²) >= 11 is 0. The van der Waals surface area contributed by atoms with E-state index < -0.39 is 0 Å². The lowest BCUT2D eigenvalue weighted by molar-refractivity contribution is -0.127. The highest BCUT2D eigenvalue weighted by Crippen LogP contribution is 2.25. The van der Waals surface area contributed by atoms with Gasteiger partial charge in [0.25, 0.3) is 5.91 Å². The lowest BCUT2D eigenvalue weighted by Crippen LogP contribution is -2.27. The van der Waals surface area contributed by atoms with Crippen LogP contribution in [0, 0.1) is 0 Å². The van der Waals surface area contributed by atoms with Gasteiger partial charge < -0.3 is 10.0 Å². The third-order valence-corrected chi connectivity index (χ3v) is 2.60. The van der Waals surface area contributed by atoms with Gasteiger partial charge in [0.05, 0.1) is 6.54 Å². The Morgan fingerprint density at radius 3 is 2.69 bits per heavy atom. The first-order chi connectivity index (χ1) is 7.74. The third-order valence-electron chi connectivity index (χ3n) is 2.60. The molecule has 0 unspecified atom stereocenters. The monoisotopic (exact) mass is 215 g/mol. The lowest BCUT2D eigenvalue weighted by Gasteiger charge is -2.12. The third kappa shape index (κ3) is 1.72.